The quantitative estimate of drug-likeness (QED) is 0.832. The summed E-state index contributed by atoms with van der Waals surface area (Å²) in [6.45, 7) is 9.03. The van der Waals surface area contributed by atoms with Crippen LogP contribution in [0.1, 0.15) is 42.1 Å². The molecule has 0 atom stereocenters. The standard InChI is InChI=1S/C20H30N2O2/c1-2-17-3-5-19(6-4-17)20(23)22-11-8-18(9-12-22)7-10-21-13-15-24-16-14-21/h3-6,18H,2,7-16H2,1H3. The van der Waals surface area contributed by atoms with Crippen LogP contribution in [-0.4, -0.2) is 61.6 Å². The van der Waals surface area contributed by atoms with Gasteiger partial charge < -0.3 is 9.64 Å². The van der Waals surface area contributed by atoms with Crippen molar-refractivity contribution >= 4 is 5.91 Å². The van der Waals surface area contributed by atoms with Gasteiger partial charge in [-0.1, -0.05) is 19.1 Å². The Labute approximate surface area is 145 Å². The van der Waals surface area contributed by atoms with Crippen molar-refractivity contribution in [3.63, 3.8) is 0 Å². The maximum Gasteiger partial charge on any atom is 0.253 e. The van der Waals surface area contributed by atoms with E-state index >= 15 is 0 Å². The van der Waals surface area contributed by atoms with Crippen LogP contribution >= 0.6 is 0 Å². The van der Waals surface area contributed by atoms with E-state index in [1.807, 2.05) is 17.0 Å². The first kappa shape index (κ1) is 17.4. The van der Waals surface area contributed by atoms with Crippen LogP contribution in [0, 0.1) is 5.92 Å². The summed E-state index contributed by atoms with van der Waals surface area (Å²) < 4.78 is 5.40. The Morgan fingerprint density at radius 2 is 1.75 bits per heavy atom. The van der Waals surface area contributed by atoms with E-state index in [1.54, 1.807) is 0 Å². The zero-order chi connectivity index (χ0) is 16.8. The number of ether oxygens (including phenoxy) is 1. The Bertz CT molecular complexity index is 515. The van der Waals surface area contributed by atoms with Gasteiger partial charge in [0.25, 0.3) is 5.91 Å². The Hall–Kier alpha value is -1.39. The number of rotatable bonds is 5. The average Bonchev–Trinajstić information content (AvgIpc) is 2.67. The SMILES string of the molecule is CCc1ccc(C(=O)N2CCC(CCN3CCOCC3)CC2)cc1. The van der Waals surface area contributed by atoms with Gasteiger partial charge in [-0.2, -0.15) is 0 Å². The van der Waals surface area contributed by atoms with Crippen molar-refractivity contribution in [3.8, 4) is 0 Å². The molecule has 0 bridgehead atoms. The normalized spacial score (nSPS) is 20.3. The van der Waals surface area contributed by atoms with Crippen LogP contribution in [0.5, 0.6) is 0 Å². The maximum atomic E-state index is 12.6. The Kier molecular flexibility index (Phi) is 6.27. The number of piperidine rings is 1. The first-order valence-corrected chi connectivity index (χ1v) is 9.44. The van der Waals surface area contributed by atoms with Crippen LogP contribution in [-0.2, 0) is 11.2 Å². The molecule has 132 valence electrons. The second-order valence-corrected chi connectivity index (χ2v) is 7.03. The van der Waals surface area contributed by atoms with E-state index < -0.39 is 0 Å². The van der Waals surface area contributed by atoms with Gasteiger partial charge in [-0.25, -0.2) is 0 Å². The van der Waals surface area contributed by atoms with Crippen LogP contribution in [0.25, 0.3) is 0 Å². The van der Waals surface area contributed by atoms with Crippen molar-refractivity contribution < 1.29 is 9.53 Å². The highest BCUT2D eigenvalue weighted by Crippen LogP contribution is 2.22. The van der Waals surface area contributed by atoms with Gasteiger partial charge in [0.05, 0.1) is 13.2 Å². The third-order valence-electron chi connectivity index (χ3n) is 5.47. The highest BCUT2D eigenvalue weighted by atomic mass is 16.5. The molecule has 0 aromatic heterocycles. The zero-order valence-corrected chi connectivity index (χ0v) is 14.9. The number of amides is 1. The van der Waals surface area contributed by atoms with Crippen LogP contribution in [0.3, 0.4) is 0 Å². The highest BCUT2D eigenvalue weighted by molar-refractivity contribution is 5.94. The van der Waals surface area contributed by atoms with Crippen molar-refractivity contribution in [2.24, 2.45) is 5.92 Å². The summed E-state index contributed by atoms with van der Waals surface area (Å²) in [6.07, 6.45) is 4.56. The number of benzene rings is 1. The summed E-state index contributed by atoms with van der Waals surface area (Å²) in [5.74, 6) is 0.962. The number of hydrogen-bond acceptors (Lipinski definition) is 3. The molecular weight excluding hydrogens is 300 g/mol. The molecule has 1 amide bonds. The van der Waals surface area contributed by atoms with Gasteiger partial charge in [-0.05, 0) is 55.8 Å². The molecule has 4 nitrogen and oxygen atoms in total. The van der Waals surface area contributed by atoms with Gasteiger partial charge in [0, 0.05) is 31.7 Å². The van der Waals surface area contributed by atoms with Gasteiger partial charge in [-0.3, -0.25) is 9.69 Å². The number of nitrogens with zero attached hydrogens (tertiary/aromatic N) is 2. The molecule has 0 saturated carbocycles. The second kappa shape index (κ2) is 8.63. The van der Waals surface area contributed by atoms with E-state index in [0.717, 1.165) is 70.1 Å². The fourth-order valence-electron chi connectivity index (χ4n) is 3.68. The summed E-state index contributed by atoms with van der Waals surface area (Å²) in [7, 11) is 0. The number of likely N-dealkylation sites (tertiary alicyclic amines) is 1. The molecule has 2 aliphatic heterocycles. The molecule has 2 fully saturated rings. The lowest BCUT2D eigenvalue weighted by molar-refractivity contribution is 0.0332. The highest BCUT2D eigenvalue weighted by Gasteiger charge is 2.24. The van der Waals surface area contributed by atoms with Gasteiger partial charge in [0.2, 0.25) is 0 Å². The molecule has 0 spiro atoms. The molecule has 1 aromatic carbocycles. The first-order chi connectivity index (χ1) is 11.8. The Balaban J connectivity index is 1.43. The van der Waals surface area contributed by atoms with Crippen molar-refractivity contribution in [1.82, 2.24) is 9.80 Å². The molecule has 0 radical (unpaired) electrons. The largest absolute Gasteiger partial charge is 0.379 e. The topological polar surface area (TPSA) is 32.8 Å². The first-order valence-electron chi connectivity index (χ1n) is 9.44. The molecule has 0 unspecified atom stereocenters. The monoisotopic (exact) mass is 330 g/mol. The maximum absolute atomic E-state index is 12.6. The third-order valence-corrected chi connectivity index (χ3v) is 5.47. The molecule has 3 rings (SSSR count). The lowest BCUT2D eigenvalue weighted by Gasteiger charge is -2.34. The fraction of sp³-hybridized carbons (Fsp3) is 0.650. The van der Waals surface area contributed by atoms with E-state index in [9.17, 15) is 4.79 Å². The minimum absolute atomic E-state index is 0.198. The van der Waals surface area contributed by atoms with Gasteiger partial charge in [0.15, 0.2) is 0 Å². The summed E-state index contributed by atoms with van der Waals surface area (Å²) >= 11 is 0. The van der Waals surface area contributed by atoms with Crippen LogP contribution in [0.4, 0.5) is 0 Å². The Morgan fingerprint density at radius 1 is 1.08 bits per heavy atom. The number of carbonyl (C=O) groups excluding carboxylic acids is 1. The zero-order valence-electron chi connectivity index (χ0n) is 14.9. The molecule has 2 heterocycles. The second-order valence-electron chi connectivity index (χ2n) is 7.03. The van der Waals surface area contributed by atoms with E-state index in [1.165, 1.54) is 18.5 Å². The lowest BCUT2D eigenvalue weighted by atomic mass is 9.93. The molecule has 2 saturated heterocycles. The molecular formula is C20H30N2O2. The van der Waals surface area contributed by atoms with E-state index in [4.69, 9.17) is 4.74 Å². The predicted molar refractivity (Wildman–Crippen MR) is 96.3 cm³/mol. The van der Waals surface area contributed by atoms with Crippen molar-refractivity contribution in [1.29, 1.82) is 0 Å². The van der Waals surface area contributed by atoms with Gasteiger partial charge in [0.1, 0.15) is 0 Å². The van der Waals surface area contributed by atoms with E-state index in [0.29, 0.717) is 0 Å². The number of carbonyl (C=O) groups is 1. The lowest BCUT2D eigenvalue weighted by Crippen LogP contribution is -2.40. The van der Waals surface area contributed by atoms with Crippen molar-refractivity contribution in [3.05, 3.63) is 35.4 Å². The molecule has 0 aliphatic carbocycles. The van der Waals surface area contributed by atoms with E-state index in [-0.39, 0.29) is 5.91 Å². The Morgan fingerprint density at radius 3 is 2.38 bits per heavy atom. The van der Waals surface area contributed by atoms with Crippen LogP contribution < -0.4 is 0 Å². The molecule has 1 aromatic rings. The third kappa shape index (κ3) is 4.58. The van der Waals surface area contributed by atoms with Crippen molar-refractivity contribution in [2.45, 2.75) is 32.6 Å². The fourth-order valence-corrected chi connectivity index (χ4v) is 3.68. The molecule has 0 N–H and O–H groups in total. The average molecular weight is 330 g/mol. The molecule has 4 heteroatoms. The van der Waals surface area contributed by atoms with Crippen LogP contribution in [0.15, 0.2) is 24.3 Å². The van der Waals surface area contributed by atoms with E-state index in [2.05, 4.69) is 24.0 Å². The summed E-state index contributed by atoms with van der Waals surface area (Å²) in [5, 5.41) is 0. The van der Waals surface area contributed by atoms with Crippen LogP contribution in [0.2, 0.25) is 0 Å². The number of morpholine rings is 1. The summed E-state index contributed by atoms with van der Waals surface area (Å²) in [4.78, 5) is 17.2. The molecule has 2 aliphatic rings. The predicted octanol–water partition coefficient (Wildman–Crippen LogP) is 2.82. The van der Waals surface area contributed by atoms with Crippen molar-refractivity contribution in [2.75, 3.05) is 45.9 Å². The minimum Gasteiger partial charge on any atom is -0.379 e. The minimum atomic E-state index is 0.198. The van der Waals surface area contributed by atoms with Gasteiger partial charge >= 0.3 is 0 Å². The smallest absolute Gasteiger partial charge is 0.253 e. The van der Waals surface area contributed by atoms with Gasteiger partial charge in [-0.15, -0.1) is 0 Å². The number of hydrogen-bond donors (Lipinski definition) is 0. The summed E-state index contributed by atoms with van der Waals surface area (Å²) in [6, 6.07) is 8.10. The molecule has 24 heavy (non-hydrogen) atoms. The number of aryl methyl sites for hydroxylation is 1. The summed E-state index contributed by atoms with van der Waals surface area (Å²) in [5.41, 5.74) is 2.12.